The maximum Gasteiger partial charge on any atom is 0.120 e. The van der Waals surface area contributed by atoms with E-state index in [2.05, 4.69) is 27.3 Å². The van der Waals surface area contributed by atoms with Gasteiger partial charge in [0.05, 0.1) is 11.6 Å². The van der Waals surface area contributed by atoms with E-state index in [4.69, 9.17) is 16.9 Å². The Labute approximate surface area is 124 Å². The zero-order valence-electron chi connectivity index (χ0n) is 9.82. The molecule has 0 atom stereocenters. The number of hydrogen-bond donors (Lipinski definition) is 2. The topological polar surface area (TPSA) is 56.0 Å². The molecule has 0 fully saturated rings. The van der Waals surface area contributed by atoms with Crippen LogP contribution in [0.2, 0.25) is 5.02 Å². The van der Waals surface area contributed by atoms with Gasteiger partial charge in [-0.25, -0.2) is 0 Å². The number of aromatic hydroxyl groups is 1. The van der Waals surface area contributed by atoms with Crippen molar-refractivity contribution >= 4 is 33.2 Å². The molecule has 2 aromatic carbocycles. The average Bonchev–Trinajstić information content (AvgIpc) is 2.40. The molecule has 0 amide bonds. The summed E-state index contributed by atoms with van der Waals surface area (Å²) in [5.74, 6) is 0.196. The number of benzene rings is 2. The van der Waals surface area contributed by atoms with Crippen molar-refractivity contribution in [3.05, 3.63) is 57.0 Å². The van der Waals surface area contributed by atoms with Crippen LogP contribution in [0, 0.1) is 11.3 Å². The quantitative estimate of drug-likeness (QED) is 0.878. The van der Waals surface area contributed by atoms with E-state index in [0.717, 1.165) is 10.2 Å². The van der Waals surface area contributed by atoms with Crippen LogP contribution < -0.4 is 5.32 Å². The third-order valence-electron chi connectivity index (χ3n) is 2.61. The molecule has 0 saturated heterocycles. The molecule has 5 heteroatoms. The van der Waals surface area contributed by atoms with Crippen molar-refractivity contribution in [3.63, 3.8) is 0 Å². The lowest BCUT2D eigenvalue weighted by Crippen LogP contribution is -2.00. The van der Waals surface area contributed by atoms with Crippen molar-refractivity contribution in [2.45, 2.75) is 6.54 Å². The summed E-state index contributed by atoms with van der Waals surface area (Å²) >= 11 is 9.28. The van der Waals surface area contributed by atoms with Crippen molar-refractivity contribution in [3.8, 4) is 11.8 Å². The van der Waals surface area contributed by atoms with Gasteiger partial charge < -0.3 is 10.4 Å². The van der Waals surface area contributed by atoms with Crippen molar-refractivity contribution in [2.24, 2.45) is 0 Å². The number of rotatable bonds is 3. The minimum atomic E-state index is 0.196. The van der Waals surface area contributed by atoms with Gasteiger partial charge in [0.25, 0.3) is 0 Å². The normalized spacial score (nSPS) is 9.95. The molecule has 19 heavy (non-hydrogen) atoms. The van der Waals surface area contributed by atoms with Gasteiger partial charge in [-0.2, -0.15) is 5.26 Å². The second-order valence-electron chi connectivity index (χ2n) is 3.93. The molecule has 0 bridgehead atoms. The molecule has 0 radical (unpaired) electrons. The monoisotopic (exact) mass is 336 g/mol. The fourth-order valence-corrected chi connectivity index (χ4v) is 2.33. The summed E-state index contributed by atoms with van der Waals surface area (Å²) in [6.45, 7) is 0.441. The van der Waals surface area contributed by atoms with Crippen LogP contribution in [0.25, 0.3) is 0 Å². The van der Waals surface area contributed by atoms with Crippen molar-refractivity contribution in [2.75, 3.05) is 5.32 Å². The second kappa shape index (κ2) is 5.96. The fourth-order valence-electron chi connectivity index (χ4n) is 1.61. The minimum Gasteiger partial charge on any atom is -0.508 e. The number of phenols is 1. The van der Waals surface area contributed by atoms with Gasteiger partial charge in [0.1, 0.15) is 5.75 Å². The Balaban J connectivity index is 2.15. The zero-order chi connectivity index (χ0) is 13.8. The van der Waals surface area contributed by atoms with E-state index in [9.17, 15) is 5.11 Å². The molecule has 0 aliphatic heterocycles. The first-order valence-corrected chi connectivity index (χ1v) is 6.68. The Morgan fingerprint density at radius 1 is 1.26 bits per heavy atom. The molecule has 0 spiro atoms. The summed E-state index contributed by atoms with van der Waals surface area (Å²) in [6, 6.07) is 12.3. The Kier molecular flexibility index (Phi) is 4.31. The molecule has 0 aliphatic rings. The summed E-state index contributed by atoms with van der Waals surface area (Å²) < 4.78 is 0.799. The van der Waals surface area contributed by atoms with Crippen LogP contribution in [0.15, 0.2) is 40.9 Å². The highest BCUT2D eigenvalue weighted by Gasteiger charge is 2.04. The van der Waals surface area contributed by atoms with Crippen LogP contribution in [0.5, 0.6) is 5.75 Å². The Morgan fingerprint density at radius 3 is 2.74 bits per heavy atom. The highest BCUT2D eigenvalue weighted by atomic mass is 79.9. The number of nitrogens with one attached hydrogen (secondary N) is 1. The molecule has 0 saturated carbocycles. The van der Waals surface area contributed by atoms with Crippen LogP contribution in [0.3, 0.4) is 0 Å². The fraction of sp³-hybridized carbons (Fsp3) is 0.0714. The predicted octanol–water partition coefficient (Wildman–Crippen LogP) is 4.29. The van der Waals surface area contributed by atoms with Gasteiger partial charge in [0.2, 0.25) is 0 Å². The minimum absolute atomic E-state index is 0.196. The molecular weight excluding hydrogens is 328 g/mol. The second-order valence-corrected chi connectivity index (χ2v) is 5.22. The van der Waals surface area contributed by atoms with E-state index in [-0.39, 0.29) is 5.75 Å². The van der Waals surface area contributed by atoms with Gasteiger partial charge in [-0.05, 0) is 52.3 Å². The van der Waals surface area contributed by atoms with Crippen LogP contribution in [0.1, 0.15) is 11.1 Å². The highest BCUT2D eigenvalue weighted by Crippen LogP contribution is 2.26. The molecule has 96 valence electrons. The smallest absolute Gasteiger partial charge is 0.120 e. The maximum absolute atomic E-state index is 9.71. The number of phenolic OH excluding ortho intramolecular Hbond substituents is 1. The van der Waals surface area contributed by atoms with Gasteiger partial charge in [0, 0.05) is 27.3 Å². The molecule has 2 N–H and O–H groups in total. The highest BCUT2D eigenvalue weighted by molar-refractivity contribution is 9.10. The van der Waals surface area contributed by atoms with Crippen LogP contribution in [-0.2, 0) is 6.54 Å². The summed E-state index contributed by atoms with van der Waals surface area (Å²) in [4.78, 5) is 0. The maximum atomic E-state index is 9.71. The number of nitriles is 1. The summed E-state index contributed by atoms with van der Waals surface area (Å²) in [7, 11) is 0. The first-order valence-electron chi connectivity index (χ1n) is 5.51. The van der Waals surface area contributed by atoms with E-state index in [1.165, 1.54) is 0 Å². The summed E-state index contributed by atoms with van der Waals surface area (Å²) in [5, 5.41) is 22.3. The molecule has 2 rings (SSSR count). The number of nitrogens with zero attached hydrogens (tertiary/aromatic N) is 1. The first-order chi connectivity index (χ1) is 9.10. The first kappa shape index (κ1) is 13.7. The van der Waals surface area contributed by atoms with Crippen LogP contribution in [0.4, 0.5) is 5.69 Å². The number of halogens is 2. The third-order valence-corrected chi connectivity index (χ3v) is 3.50. The van der Waals surface area contributed by atoms with Gasteiger partial charge in [-0.15, -0.1) is 0 Å². The standard InChI is InChI=1S/C14H10BrClN2O/c15-12-5-9(7-17)1-3-13(12)18-8-10-6-11(16)2-4-14(10)19/h1-6,18-19H,8H2. The Morgan fingerprint density at radius 2 is 2.05 bits per heavy atom. The summed E-state index contributed by atoms with van der Waals surface area (Å²) in [5.41, 5.74) is 2.14. The molecule has 0 unspecified atom stereocenters. The van der Waals surface area contributed by atoms with Gasteiger partial charge in [-0.3, -0.25) is 0 Å². The van der Waals surface area contributed by atoms with Crippen molar-refractivity contribution in [1.82, 2.24) is 0 Å². The van der Waals surface area contributed by atoms with E-state index in [1.807, 2.05) is 6.07 Å². The molecular formula is C14H10BrClN2O. The molecule has 0 aromatic heterocycles. The molecule has 2 aromatic rings. The van der Waals surface area contributed by atoms with Gasteiger partial charge >= 0.3 is 0 Å². The third kappa shape index (κ3) is 3.40. The van der Waals surface area contributed by atoms with E-state index in [1.54, 1.807) is 30.3 Å². The lowest BCUT2D eigenvalue weighted by atomic mass is 10.2. The van der Waals surface area contributed by atoms with Crippen molar-refractivity contribution < 1.29 is 5.11 Å². The lowest BCUT2D eigenvalue weighted by Gasteiger charge is -2.10. The van der Waals surface area contributed by atoms with Crippen molar-refractivity contribution in [1.29, 1.82) is 5.26 Å². The molecule has 0 heterocycles. The predicted molar refractivity (Wildman–Crippen MR) is 79.3 cm³/mol. The molecule has 0 aliphatic carbocycles. The Hall–Kier alpha value is -1.70. The summed E-state index contributed by atoms with van der Waals surface area (Å²) in [6.07, 6.45) is 0. The largest absolute Gasteiger partial charge is 0.508 e. The van der Waals surface area contributed by atoms with Gasteiger partial charge in [-0.1, -0.05) is 11.6 Å². The SMILES string of the molecule is N#Cc1ccc(NCc2cc(Cl)ccc2O)c(Br)c1. The average molecular weight is 338 g/mol. The molecule has 3 nitrogen and oxygen atoms in total. The van der Waals surface area contributed by atoms with Gasteiger partial charge in [0.15, 0.2) is 0 Å². The number of anilines is 1. The van der Waals surface area contributed by atoms with E-state index in [0.29, 0.717) is 22.7 Å². The van der Waals surface area contributed by atoms with Crippen LogP contribution >= 0.6 is 27.5 Å². The van der Waals surface area contributed by atoms with E-state index < -0.39 is 0 Å². The number of hydrogen-bond acceptors (Lipinski definition) is 3. The van der Waals surface area contributed by atoms with E-state index >= 15 is 0 Å². The Bertz CT molecular complexity index is 652. The van der Waals surface area contributed by atoms with Crippen LogP contribution in [-0.4, -0.2) is 5.11 Å². The lowest BCUT2D eigenvalue weighted by molar-refractivity contribution is 0.469. The zero-order valence-corrected chi connectivity index (χ0v) is 12.2.